The molecule has 0 unspecified atom stereocenters. The molecule has 0 bridgehead atoms. The first-order valence-electron chi connectivity index (χ1n) is 5.87. The number of hydrogen-bond donors (Lipinski definition) is 1. The van der Waals surface area contributed by atoms with E-state index in [1.807, 2.05) is 18.2 Å². The molecule has 0 saturated heterocycles. The summed E-state index contributed by atoms with van der Waals surface area (Å²) >= 11 is 0. The van der Waals surface area contributed by atoms with E-state index < -0.39 is 0 Å². The quantitative estimate of drug-likeness (QED) is 0.858. The molecule has 0 radical (unpaired) electrons. The van der Waals surface area contributed by atoms with Crippen LogP contribution in [-0.2, 0) is 19.6 Å². The predicted octanol–water partition coefficient (Wildman–Crippen LogP) is 2.35. The number of nitrogens with zero attached hydrogens (tertiary/aromatic N) is 1. The van der Waals surface area contributed by atoms with Crippen LogP contribution in [0.2, 0.25) is 0 Å². The van der Waals surface area contributed by atoms with Gasteiger partial charge in [0.05, 0.1) is 6.54 Å². The van der Waals surface area contributed by atoms with E-state index in [-0.39, 0.29) is 0 Å². The first-order valence-corrected chi connectivity index (χ1v) is 5.87. The summed E-state index contributed by atoms with van der Waals surface area (Å²) in [5, 5.41) is 0. The Kier molecular flexibility index (Phi) is 2.50. The van der Waals surface area contributed by atoms with Gasteiger partial charge < -0.3 is 10.2 Å². The minimum Gasteiger partial charge on any atom is -0.459 e. The molecule has 3 rings (SSSR count). The first-order chi connectivity index (χ1) is 8.29. The zero-order chi connectivity index (χ0) is 11.8. The van der Waals surface area contributed by atoms with Gasteiger partial charge in [-0.1, -0.05) is 30.3 Å². The summed E-state index contributed by atoms with van der Waals surface area (Å²) in [5.74, 6) is 2.03. The summed E-state index contributed by atoms with van der Waals surface area (Å²) in [6.45, 7) is 2.37. The van der Waals surface area contributed by atoms with Crippen LogP contribution in [0.25, 0.3) is 11.3 Å². The van der Waals surface area contributed by atoms with Crippen LogP contribution in [-0.4, -0.2) is 11.9 Å². The Morgan fingerprint density at radius 3 is 2.71 bits per heavy atom. The van der Waals surface area contributed by atoms with E-state index in [2.05, 4.69) is 24.1 Å². The molecule has 3 heteroatoms. The van der Waals surface area contributed by atoms with Gasteiger partial charge in [0.15, 0.2) is 0 Å². The molecule has 1 aromatic carbocycles. The van der Waals surface area contributed by atoms with E-state index in [4.69, 9.17) is 10.2 Å². The van der Waals surface area contributed by atoms with Crippen molar-refractivity contribution < 1.29 is 4.42 Å². The van der Waals surface area contributed by atoms with Crippen LogP contribution in [0.4, 0.5) is 0 Å². The Balaban J connectivity index is 2.11. The SMILES string of the molecule is CN1Cc2oc(-c3ccccc3)c(CN)c2C1. The van der Waals surface area contributed by atoms with Gasteiger partial charge in [-0.05, 0) is 7.05 Å². The summed E-state index contributed by atoms with van der Waals surface area (Å²) < 4.78 is 5.98. The molecule has 0 atom stereocenters. The van der Waals surface area contributed by atoms with Gasteiger partial charge >= 0.3 is 0 Å². The molecule has 2 aromatic rings. The average Bonchev–Trinajstić information content (AvgIpc) is 2.85. The van der Waals surface area contributed by atoms with E-state index in [1.54, 1.807) is 0 Å². The Hall–Kier alpha value is -1.58. The van der Waals surface area contributed by atoms with Gasteiger partial charge in [0.25, 0.3) is 0 Å². The van der Waals surface area contributed by atoms with Crippen LogP contribution in [0.5, 0.6) is 0 Å². The van der Waals surface area contributed by atoms with Crippen molar-refractivity contribution in [2.75, 3.05) is 7.05 Å². The number of fused-ring (bicyclic) bond motifs is 1. The molecule has 2 N–H and O–H groups in total. The zero-order valence-corrected chi connectivity index (χ0v) is 9.94. The van der Waals surface area contributed by atoms with Gasteiger partial charge in [-0.25, -0.2) is 0 Å². The smallest absolute Gasteiger partial charge is 0.139 e. The summed E-state index contributed by atoms with van der Waals surface area (Å²) in [5.41, 5.74) is 9.44. The van der Waals surface area contributed by atoms with E-state index in [1.165, 1.54) is 5.56 Å². The largest absolute Gasteiger partial charge is 0.459 e. The zero-order valence-electron chi connectivity index (χ0n) is 9.94. The Morgan fingerprint density at radius 1 is 1.24 bits per heavy atom. The van der Waals surface area contributed by atoms with E-state index >= 15 is 0 Å². The monoisotopic (exact) mass is 228 g/mol. The van der Waals surface area contributed by atoms with Crippen LogP contribution in [0, 0.1) is 0 Å². The van der Waals surface area contributed by atoms with Crippen molar-refractivity contribution in [3.05, 3.63) is 47.2 Å². The van der Waals surface area contributed by atoms with Crippen molar-refractivity contribution >= 4 is 0 Å². The highest BCUT2D eigenvalue weighted by atomic mass is 16.3. The maximum Gasteiger partial charge on any atom is 0.139 e. The average molecular weight is 228 g/mol. The molecule has 0 aliphatic carbocycles. The molecule has 17 heavy (non-hydrogen) atoms. The van der Waals surface area contributed by atoms with Crippen LogP contribution >= 0.6 is 0 Å². The van der Waals surface area contributed by atoms with Crippen molar-refractivity contribution in [1.29, 1.82) is 0 Å². The number of hydrogen-bond acceptors (Lipinski definition) is 3. The van der Waals surface area contributed by atoms with Crippen molar-refractivity contribution in [3.63, 3.8) is 0 Å². The fourth-order valence-corrected chi connectivity index (χ4v) is 2.47. The topological polar surface area (TPSA) is 42.4 Å². The lowest BCUT2D eigenvalue weighted by atomic mass is 10.1. The van der Waals surface area contributed by atoms with Crippen molar-refractivity contribution in [2.24, 2.45) is 5.73 Å². The maximum atomic E-state index is 5.98. The van der Waals surface area contributed by atoms with Gasteiger partial charge in [-0.2, -0.15) is 0 Å². The highest BCUT2D eigenvalue weighted by Gasteiger charge is 2.26. The number of benzene rings is 1. The second-order valence-electron chi connectivity index (χ2n) is 4.55. The van der Waals surface area contributed by atoms with E-state index in [9.17, 15) is 0 Å². The highest BCUT2D eigenvalue weighted by molar-refractivity contribution is 5.64. The highest BCUT2D eigenvalue weighted by Crippen LogP contribution is 2.35. The lowest BCUT2D eigenvalue weighted by molar-refractivity contribution is 0.328. The number of nitrogens with two attached hydrogens (primary N) is 1. The Morgan fingerprint density at radius 2 is 2.00 bits per heavy atom. The first kappa shape index (κ1) is 10.6. The van der Waals surface area contributed by atoms with Gasteiger partial charge in [-0.3, -0.25) is 4.90 Å². The predicted molar refractivity (Wildman–Crippen MR) is 67.2 cm³/mol. The molecule has 1 aromatic heterocycles. The van der Waals surface area contributed by atoms with Crippen molar-refractivity contribution in [2.45, 2.75) is 19.6 Å². The van der Waals surface area contributed by atoms with Crippen molar-refractivity contribution in [1.82, 2.24) is 4.90 Å². The van der Waals surface area contributed by atoms with Crippen LogP contribution < -0.4 is 5.73 Å². The van der Waals surface area contributed by atoms with Gasteiger partial charge in [0, 0.05) is 29.8 Å². The summed E-state index contributed by atoms with van der Waals surface area (Å²) in [4.78, 5) is 2.24. The molecular formula is C14H16N2O. The van der Waals surface area contributed by atoms with Crippen LogP contribution in [0.1, 0.15) is 16.9 Å². The normalized spacial score (nSPS) is 15.2. The molecule has 88 valence electrons. The summed E-state index contributed by atoms with van der Waals surface area (Å²) in [6.07, 6.45) is 0. The molecule has 0 spiro atoms. The molecule has 1 aliphatic rings. The third kappa shape index (κ3) is 1.68. The van der Waals surface area contributed by atoms with E-state index in [0.29, 0.717) is 6.54 Å². The lowest BCUT2D eigenvalue weighted by Gasteiger charge is -2.07. The molecular weight excluding hydrogens is 212 g/mol. The minimum atomic E-state index is 0.539. The summed E-state index contributed by atoms with van der Waals surface area (Å²) in [7, 11) is 2.10. The molecule has 2 heterocycles. The fourth-order valence-electron chi connectivity index (χ4n) is 2.47. The van der Waals surface area contributed by atoms with E-state index in [0.717, 1.165) is 35.7 Å². The van der Waals surface area contributed by atoms with Gasteiger partial charge in [0.2, 0.25) is 0 Å². The molecule has 0 fully saturated rings. The molecule has 3 nitrogen and oxygen atoms in total. The second-order valence-corrected chi connectivity index (χ2v) is 4.55. The number of furan rings is 1. The molecule has 1 aliphatic heterocycles. The molecule has 0 saturated carbocycles. The third-order valence-electron chi connectivity index (χ3n) is 3.28. The van der Waals surface area contributed by atoms with Gasteiger partial charge in [0.1, 0.15) is 11.5 Å². The van der Waals surface area contributed by atoms with Gasteiger partial charge in [-0.15, -0.1) is 0 Å². The second kappa shape index (κ2) is 4.02. The minimum absolute atomic E-state index is 0.539. The third-order valence-corrected chi connectivity index (χ3v) is 3.28. The van der Waals surface area contributed by atoms with Crippen LogP contribution in [0.3, 0.4) is 0 Å². The van der Waals surface area contributed by atoms with Crippen LogP contribution in [0.15, 0.2) is 34.7 Å². The molecule has 0 amide bonds. The maximum absolute atomic E-state index is 5.98. The van der Waals surface area contributed by atoms with Crippen molar-refractivity contribution in [3.8, 4) is 11.3 Å². The fraction of sp³-hybridized carbons (Fsp3) is 0.286. The summed E-state index contributed by atoms with van der Waals surface area (Å²) in [6, 6.07) is 10.2. The Labute approximate surface area is 101 Å². The number of rotatable bonds is 2. The lowest BCUT2D eigenvalue weighted by Crippen LogP contribution is -2.10. The Bertz CT molecular complexity index is 531. The standard InChI is InChI=1S/C14H16N2O/c1-16-8-12-11(7-15)14(17-13(12)9-16)10-5-3-2-4-6-10/h2-6H,7-9,15H2,1H3.